The summed E-state index contributed by atoms with van der Waals surface area (Å²) >= 11 is 1.45. The van der Waals surface area contributed by atoms with Crippen molar-refractivity contribution < 1.29 is 14.0 Å². The SMILES string of the molecule is CC1=C(C(=O)N2CCCC2)C(c2ccc(F)cc2)N2C(CC(=O)NCC(C)C)=CSC2=N1. The summed E-state index contributed by atoms with van der Waals surface area (Å²) in [6.45, 7) is 8.04. The van der Waals surface area contributed by atoms with E-state index in [0.717, 1.165) is 42.4 Å². The minimum atomic E-state index is -0.449. The molecule has 6 nitrogen and oxygen atoms in total. The summed E-state index contributed by atoms with van der Waals surface area (Å²) in [5, 5.41) is 5.63. The van der Waals surface area contributed by atoms with Gasteiger partial charge < -0.3 is 15.1 Å². The maximum absolute atomic E-state index is 13.7. The molecule has 0 saturated carbocycles. The average molecular weight is 457 g/mol. The number of thioether (sulfide) groups is 1. The molecule has 0 radical (unpaired) electrons. The molecule has 2 amide bonds. The van der Waals surface area contributed by atoms with Gasteiger partial charge in [-0.05, 0) is 48.8 Å². The molecule has 4 rings (SSSR count). The third kappa shape index (κ3) is 4.60. The van der Waals surface area contributed by atoms with Gasteiger partial charge in [0.2, 0.25) is 5.91 Å². The van der Waals surface area contributed by atoms with Gasteiger partial charge in [0, 0.05) is 25.3 Å². The molecule has 1 saturated heterocycles. The van der Waals surface area contributed by atoms with E-state index in [1.54, 1.807) is 12.1 Å². The number of fused-ring (bicyclic) bond motifs is 1. The monoisotopic (exact) mass is 456 g/mol. The lowest BCUT2D eigenvalue weighted by molar-refractivity contribution is -0.126. The molecule has 1 aromatic carbocycles. The van der Waals surface area contributed by atoms with Crippen molar-refractivity contribution in [2.45, 2.75) is 46.1 Å². The van der Waals surface area contributed by atoms with Gasteiger partial charge in [-0.3, -0.25) is 9.59 Å². The topological polar surface area (TPSA) is 65.0 Å². The second-order valence-electron chi connectivity index (χ2n) is 8.82. The molecule has 0 spiro atoms. The van der Waals surface area contributed by atoms with Gasteiger partial charge in [0.1, 0.15) is 5.82 Å². The van der Waals surface area contributed by atoms with Crippen LogP contribution >= 0.6 is 11.8 Å². The third-order valence-corrected chi connectivity index (χ3v) is 6.75. The van der Waals surface area contributed by atoms with Crippen LogP contribution in [0.3, 0.4) is 0 Å². The number of hydrogen-bond acceptors (Lipinski definition) is 5. The molecule has 0 aromatic heterocycles. The first-order valence-electron chi connectivity index (χ1n) is 11.1. The van der Waals surface area contributed by atoms with Crippen molar-refractivity contribution in [3.63, 3.8) is 0 Å². The zero-order valence-electron chi connectivity index (χ0n) is 18.7. The zero-order chi connectivity index (χ0) is 22.8. The lowest BCUT2D eigenvalue weighted by Gasteiger charge is -2.37. The Morgan fingerprint density at radius 1 is 1.22 bits per heavy atom. The fourth-order valence-electron chi connectivity index (χ4n) is 4.24. The highest BCUT2D eigenvalue weighted by Gasteiger charge is 2.41. The van der Waals surface area contributed by atoms with Crippen LogP contribution in [0.25, 0.3) is 0 Å². The number of carbonyl (C=O) groups is 2. The second-order valence-corrected chi connectivity index (χ2v) is 9.66. The molecule has 1 N–H and O–H groups in total. The van der Waals surface area contributed by atoms with Crippen LogP contribution in [-0.4, -0.2) is 46.4 Å². The molecule has 8 heteroatoms. The maximum Gasteiger partial charge on any atom is 0.254 e. The number of halogens is 1. The summed E-state index contributed by atoms with van der Waals surface area (Å²) in [7, 11) is 0. The minimum absolute atomic E-state index is 0.0300. The fraction of sp³-hybridized carbons (Fsp3) is 0.458. The summed E-state index contributed by atoms with van der Waals surface area (Å²) in [4.78, 5) is 34.7. The Morgan fingerprint density at radius 3 is 2.56 bits per heavy atom. The van der Waals surface area contributed by atoms with E-state index in [1.807, 2.05) is 22.1 Å². The molecule has 0 bridgehead atoms. The molecule has 1 unspecified atom stereocenters. The Labute approximate surface area is 192 Å². The van der Waals surface area contributed by atoms with Crippen molar-refractivity contribution in [3.05, 3.63) is 58.0 Å². The number of likely N-dealkylation sites (tertiary alicyclic amines) is 1. The number of hydrogen-bond donors (Lipinski definition) is 1. The largest absolute Gasteiger partial charge is 0.356 e. The highest BCUT2D eigenvalue weighted by Crippen LogP contribution is 2.45. The number of benzene rings is 1. The molecule has 0 aliphatic carbocycles. The third-order valence-electron chi connectivity index (χ3n) is 5.86. The average Bonchev–Trinajstić information content (AvgIpc) is 3.42. The van der Waals surface area contributed by atoms with Crippen molar-refractivity contribution in [1.82, 2.24) is 15.1 Å². The van der Waals surface area contributed by atoms with E-state index < -0.39 is 6.04 Å². The Bertz CT molecular complexity index is 994. The number of carbonyl (C=O) groups excluding carboxylic acids is 2. The molecule has 1 atom stereocenters. The Morgan fingerprint density at radius 2 is 1.91 bits per heavy atom. The molecule has 3 heterocycles. The number of amides is 2. The summed E-state index contributed by atoms with van der Waals surface area (Å²) < 4.78 is 13.7. The van der Waals surface area contributed by atoms with Crippen LogP contribution in [0.4, 0.5) is 4.39 Å². The van der Waals surface area contributed by atoms with Crippen LogP contribution in [0, 0.1) is 11.7 Å². The van der Waals surface area contributed by atoms with Crippen LogP contribution in [0.15, 0.2) is 51.6 Å². The van der Waals surface area contributed by atoms with E-state index >= 15 is 0 Å². The second kappa shape index (κ2) is 9.48. The van der Waals surface area contributed by atoms with E-state index in [-0.39, 0.29) is 24.1 Å². The Hall–Kier alpha value is -2.61. The van der Waals surface area contributed by atoms with Crippen molar-refractivity contribution in [3.8, 4) is 0 Å². The molecule has 32 heavy (non-hydrogen) atoms. The molecule has 170 valence electrons. The number of amidine groups is 1. The zero-order valence-corrected chi connectivity index (χ0v) is 19.5. The first-order valence-corrected chi connectivity index (χ1v) is 12.0. The number of aliphatic imine (C=N–C) groups is 1. The van der Waals surface area contributed by atoms with Crippen molar-refractivity contribution in [1.29, 1.82) is 0 Å². The molecule has 3 aliphatic rings. The van der Waals surface area contributed by atoms with Crippen LogP contribution in [0.1, 0.15) is 51.6 Å². The van der Waals surface area contributed by atoms with Gasteiger partial charge in [0.05, 0.1) is 23.7 Å². The smallest absolute Gasteiger partial charge is 0.254 e. The predicted octanol–water partition coefficient (Wildman–Crippen LogP) is 4.19. The van der Waals surface area contributed by atoms with E-state index in [4.69, 9.17) is 4.99 Å². The van der Waals surface area contributed by atoms with Gasteiger partial charge in [0.15, 0.2) is 5.17 Å². The van der Waals surface area contributed by atoms with Gasteiger partial charge in [-0.1, -0.05) is 37.7 Å². The van der Waals surface area contributed by atoms with Gasteiger partial charge in [-0.15, -0.1) is 0 Å². The van der Waals surface area contributed by atoms with E-state index in [9.17, 15) is 14.0 Å². The van der Waals surface area contributed by atoms with Crippen LogP contribution in [0.5, 0.6) is 0 Å². The molecular weight excluding hydrogens is 427 g/mol. The van der Waals surface area contributed by atoms with Gasteiger partial charge in [0.25, 0.3) is 5.91 Å². The van der Waals surface area contributed by atoms with Crippen molar-refractivity contribution >= 4 is 28.7 Å². The number of nitrogens with one attached hydrogen (secondary N) is 1. The number of nitrogens with zero attached hydrogens (tertiary/aromatic N) is 3. The van der Waals surface area contributed by atoms with E-state index in [2.05, 4.69) is 19.2 Å². The first-order chi connectivity index (χ1) is 15.3. The lowest BCUT2D eigenvalue weighted by atomic mass is 9.92. The van der Waals surface area contributed by atoms with Crippen molar-refractivity contribution in [2.75, 3.05) is 19.6 Å². The summed E-state index contributed by atoms with van der Waals surface area (Å²) in [6.07, 6.45) is 2.18. The van der Waals surface area contributed by atoms with Crippen molar-refractivity contribution in [2.24, 2.45) is 10.9 Å². The first kappa shape index (κ1) is 22.6. The van der Waals surface area contributed by atoms with Crippen LogP contribution < -0.4 is 5.32 Å². The fourth-order valence-corrected chi connectivity index (χ4v) is 5.20. The Kier molecular flexibility index (Phi) is 6.69. The highest BCUT2D eigenvalue weighted by atomic mass is 32.2. The number of rotatable bonds is 6. The molecule has 1 fully saturated rings. The molecule has 3 aliphatic heterocycles. The minimum Gasteiger partial charge on any atom is -0.356 e. The predicted molar refractivity (Wildman–Crippen MR) is 125 cm³/mol. The molecule has 1 aromatic rings. The van der Waals surface area contributed by atoms with Crippen LogP contribution in [0.2, 0.25) is 0 Å². The summed E-state index contributed by atoms with van der Waals surface area (Å²) in [5.74, 6) is -0.0626. The highest BCUT2D eigenvalue weighted by molar-refractivity contribution is 8.16. The van der Waals surface area contributed by atoms with E-state index in [1.165, 1.54) is 23.9 Å². The van der Waals surface area contributed by atoms with Crippen LogP contribution in [-0.2, 0) is 9.59 Å². The normalized spacial score (nSPS) is 20.5. The Balaban J connectivity index is 1.69. The van der Waals surface area contributed by atoms with Gasteiger partial charge in [-0.2, -0.15) is 0 Å². The van der Waals surface area contributed by atoms with Gasteiger partial charge >= 0.3 is 0 Å². The quantitative estimate of drug-likeness (QED) is 0.697. The summed E-state index contributed by atoms with van der Waals surface area (Å²) in [6, 6.07) is 5.81. The maximum atomic E-state index is 13.7. The number of allylic oxidation sites excluding steroid dienone is 1. The molecular formula is C24H29FN4O2S. The van der Waals surface area contributed by atoms with Gasteiger partial charge in [-0.25, -0.2) is 9.38 Å². The van der Waals surface area contributed by atoms with E-state index in [0.29, 0.717) is 23.7 Å². The standard InChI is InChI=1S/C24H29FN4O2S/c1-15(2)13-26-20(30)12-19-14-32-24-27-16(3)21(23(31)28-10-4-5-11-28)22(29(19)24)17-6-8-18(25)9-7-17/h6-9,14-15,22H,4-5,10-13H2,1-3H3,(H,26,30). The summed E-state index contributed by atoms with van der Waals surface area (Å²) in [5.41, 5.74) is 2.87. The lowest BCUT2D eigenvalue weighted by Crippen LogP contribution is -2.41.